The quantitative estimate of drug-likeness (QED) is 0.657. The van der Waals surface area contributed by atoms with Gasteiger partial charge in [0.1, 0.15) is 0 Å². The predicted molar refractivity (Wildman–Crippen MR) is 68.6 cm³/mol. The molecule has 1 aliphatic carbocycles. The van der Waals surface area contributed by atoms with E-state index in [1.165, 1.54) is 38.6 Å². The second-order valence-corrected chi connectivity index (χ2v) is 6.12. The van der Waals surface area contributed by atoms with Crippen molar-refractivity contribution in [3.8, 4) is 0 Å². The van der Waals surface area contributed by atoms with Gasteiger partial charge in [0.15, 0.2) is 0 Å². The van der Waals surface area contributed by atoms with Gasteiger partial charge in [-0.05, 0) is 43.6 Å². The van der Waals surface area contributed by atoms with Crippen molar-refractivity contribution in [2.75, 3.05) is 19.0 Å². The number of hydrogen-bond acceptors (Lipinski definition) is 1. The van der Waals surface area contributed by atoms with Crippen LogP contribution in [0, 0.1) is 11.3 Å². The topological polar surface area (TPSA) is 12.0 Å². The maximum atomic E-state index is 5.72. The Bertz CT molecular complexity index is 162. The second-order valence-electron chi connectivity index (χ2n) is 5.74. The fourth-order valence-corrected chi connectivity index (χ4v) is 2.60. The normalized spacial score (nSPS) is 18.6. The molecular weight excluding hydrogens is 206 g/mol. The molecular formula is C13H26ClN. The molecule has 90 valence electrons. The van der Waals surface area contributed by atoms with E-state index in [1.807, 2.05) is 0 Å². The van der Waals surface area contributed by atoms with E-state index in [9.17, 15) is 0 Å². The highest BCUT2D eigenvalue weighted by Crippen LogP contribution is 2.25. The molecule has 1 nitrogen and oxygen atoms in total. The maximum absolute atomic E-state index is 5.72. The highest BCUT2D eigenvalue weighted by atomic mass is 35.5. The molecule has 1 aliphatic rings. The molecule has 0 amide bonds. The van der Waals surface area contributed by atoms with E-state index in [-0.39, 0.29) is 0 Å². The molecule has 0 aromatic heterocycles. The zero-order valence-corrected chi connectivity index (χ0v) is 11.1. The van der Waals surface area contributed by atoms with Gasteiger partial charge in [-0.25, -0.2) is 0 Å². The average Bonchev–Trinajstić information content (AvgIpc) is 2.67. The third kappa shape index (κ3) is 5.77. The highest BCUT2D eigenvalue weighted by Gasteiger charge is 2.19. The van der Waals surface area contributed by atoms with Crippen LogP contribution in [0.2, 0.25) is 0 Å². The lowest BCUT2D eigenvalue weighted by molar-refractivity contribution is 0.302. The molecule has 0 spiro atoms. The van der Waals surface area contributed by atoms with Gasteiger partial charge in [0, 0.05) is 12.4 Å². The Morgan fingerprint density at radius 3 is 2.53 bits per heavy atom. The van der Waals surface area contributed by atoms with E-state index in [1.54, 1.807) is 0 Å². The summed E-state index contributed by atoms with van der Waals surface area (Å²) in [4.78, 5) is 0. The molecule has 0 atom stereocenters. The minimum absolute atomic E-state index is 0.410. The fraction of sp³-hybridized carbons (Fsp3) is 1.00. The summed E-state index contributed by atoms with van der Waals surface area (Å²) in [6.07, 6.45) is 8.14. The summed E-state index contributed by atoms with van der Waals surface area (Å²) in [7, 11) is 0. The molecule has 15 heavy (non-hydrogen) atoms. The van der Waals surface area contributed by atoms with Gasteiger partial charge in [0.25, 0.3) is 0 Å². The number of halogens is 1. The lowest BCUT2D eigenvalue weighted by Crippen LogP contribution is -2.32. The van der Waals surface area contributed by atoms with Crippen molar-refractivity contribution < 1.29 is 0 Å². The summed E-state index contributed by atoms with van der Waals surface area (Å²) in [5.41, 5.74) is 0.410. The predicted octanol–water partition coefficient (Wildman–Crippen LogP) is 3.81. The Labute approximate surface area is 100.0 Å². The van der Waals surface area contributed by atoms with Crippen molar-refractivity contribution in [2.45, 2.75) is 52.4 Å². The molecule has 1 N–H and O–H groups in total. The molecule has 2 heteroatoms. The average molecular weight is 232 g/mol. The highest BCUT2D eigenvalue weighted by molar-refractivity contribution is 6.17. The van der Waals surface area contributed by atoms with Gasteiger partial charge in [-0.1, -0.05) is 26.7 Å². The Morgan fingerprint density at radius 1 is 1.27 bits per heavy atom. The molecule has 1 rings (SSSR count). The smallest absolute Gasteiger partial charge is 0.0223 e. The first-order valence-electron chi connectivity index (χ1n) is 6.41. The van der Waals surface area contributed by atoms with Gasteiger partial charge in [-0.2, -0.15) is 0 Å². The minimum Gasteiger partial charge on any atom is -0.316 e. The van der Waals surface area contributed by atoms with Gasteiger partial charge < -0.3 is 5.32 Å². The van der Waals surface area contributed by atoms with E-state index in [0.717, 1.165) is 24.8 Å². The monoisotopic (exact) mass is 231 g/mol. The summed E-state index contributed by atoms with van der Waals surface area (Å²) in [6.45, 7) is 7.03. The molecule has 0 aromatic rings. The van der Waals surface area contributed by atoms with Crippen molar-refractivity contribution in [3.05, 3.63) is 0 Å². The minimum atomic E-state index is 0.410. The first kappa shape index (κ1) is 13.3. The Balaban J connectivity index is 2.06. The van der Waals surface area contributed by atoms with Crippen LogP contribution in [0.1, 0.15) is 52.4 Å². The SMILES string of the molecule is CC(C)(CCCCl)CNCC1CCCC1. The summed E-state index contributed by atoms with van der Waals surface area (Å²) in [5.74, 6) is 1.75. The maximum Gasteiger partial charge on any atom is 0.0223 e. The zero-order chi connectivity index (χ0) is 11.1. The molecule has 0 unspecified atom stereocenters. The van der Waals surface area contributed by atoms with E-state index in [0.29, 0.717) is 5.41 Å². The third-order valence-electron chi connectivity index (χ3n) is 3.50. The standard InChI is InChI=1S/C13H26ClN/c1-13(2,8-5-9-14)11-15-10-12-6-3-4-7-12/h12,15H,3-11H2,1-2H3. The van der Waals surface area contributed by atoms with Crippen LogP contribution in [0.4, 0.5) is 0 Å². The Kier molecular flexibility index (Phi) is 5.99. The van der Waals surface area contributed by atoms with Crippen LogP contribution in [-0.4, -0.2) is 19.0 Å². The van der Waals surface area contributed by atoms with Crippen molar-refractivity contribution in [1.82, 2.24) is 5.32 Å². The summed E-state index contributed by atoms with van der Waals surface area (Å²) in [5, 5.41) is 3.63. The molecule has 0 aliphatic heterocycles. The fourth-order valence-electron chi connectivity index (χ4n) is 2.46. The molecule has 0 saturated heterocycles. The van der Waals surface area contributed by atoms with Gasteiger partial charge in [-0.3, -0.25) is 0 Å². The lowest BCUT2D eigenvalue weighted by Gasteiger charge is -2.25. The van der Waals surface area contributed by atoms with Crippen LogP contribution >= 0.6 is 11.6 Å². The van der Waals surface area contributed by atoms with Crippen LogP contribution in [-0.2, 0) is 0 Å². The second kappa shape index (κ2) is 6.75. The Hall–Kier alpha value is 0.250. The summed E-state index contributed by atoms with van der Waals surface area (Å²) >= 11 is 5.72. The lowest BCUT2D eigenvalue weighted by atomic mass is 9.88. The van der Waals surface area contributed by atoms with Crippen LogP contribution in [0.25, 0.3) is 0 Å². The third-order valence-corrected chi connectivity index (χ3v) is 3.77. The van der Waals surface area contributed by atoms with Gasteiger partial charge >= 0.3 is 0 Å². The molecule has 1 saturated carbocycles. The first-order valence-corrected chi connectivity index (χ1v) is 6.94. The summed E-state index contributed by atoms with van der Waals surface area (Å²) < 4.78 is 0. The van der Waals surface area contributed by atoms with Crippen molar-refractivity contribution in [1.29, 1.82) is 0 Å². The van der Waals surface area contributed by atoms with E-state index in [2.05, 4.69) is 19.2 Å². The van der Waals surface area contributed by atoms with Crippen molar-refractivity contribution >= 4 is 11.6 Å². The molecule has 0 heterocycles. The zero-order valence-electron chi connectivity index (χ0n) is 10.3. The van der Waals surface area contributed by atoms with Crippen LogP contribution < -0.4 is 5.32 Å². The molecule has 0 radical (unpaired) electrons. The van der Waals surface area contributed by atoms with Gasteiger partial charge in [0.05, 0.1) is 0 Å². The summed E-state index contributed by atoms with van der Waals surface area (Å²) in [6, 6.07) is 0. The van der Waals surface area contributed by atoms with Crippen LogP contribution in [0.15, 0.2) is 0 Å². The Morgan fingerprint density at radius 2 is 1.93 bits per heavy atom. The number of nitrogens with one attached hydrogen (secondary N) is 1. The van der Waals surface area contributed by atoms with Gasteiger partial charge in [0.2, 0.25) is 0 Å². The van der Waals surface area contributed by atoms with Gasteiger partial charge in [-0.15, -0.1) is 11.6 Å². The number of alkyl halides is 1. The van der Waals surface area contributed by atoms with E-state index < -0.39 is 0 Å². The van der Waals surface area contributed by atoms with Crippen molar-refractivity contribution in [3.63, 3.8) is 0 Å². The molecule has 0 aromatic carbocycles. The van der Waals surface area contributed by atoms with Crippen molar-refractivity contribution in [2.24, 2.45) is 11.3 Å². The largest absolute Gasteiger partial charge is 0.316 e. The van der Waals surface area contributed by atoms with E-state index in [4.69, 9.17) is 11.6 Å². The molecule has 0 bridgehead atoms. The first-order chi connectivity index (χ1) is 7.14. The number of rotatable bonds is 7. The van der Waals surface area contributed by atoms with Crippen LogP contribution in [0.3, 0.4) is 0 Å². The van der Waals surface area contributed by atoms with E-state index >= 15 is 0 Å². The number of hydrogen-bond donors (Lipinski definition) is 1. The van der Waals surface area contributed by atoms with Crippen LogP contribution in [0.5, 0.6) is 0 Å². The molecule has 1 fully saturated rings.